The molecule has 0 saturated heterocycles. The van der Waals surface area contributed by atoms with Gasteiger partial charge in [0.25, 0.3) is 0 Å². The lowest BCUT2D eigenvalue weighted by molar-refractivity contribution is 0.399. The second kappa shape index (κ2) is 6.53. The highest BCUT2D eigenvalue weighted by Crippen LogP contribution is 2.27. The van der Waals surface area contributed by atoms with Gasteiger partial charge in [0.05, 0.1) is 14.2 Å². The summed E-state index contributed by atoms with van der Waals surface area (Å²) in [5.74, 6) is 1.70. The molecule has 2 rings (SSSR count). The molecule has 0 aliphatic rings. The van der Waals surface area contributed by atoms with Crippen molar-refractivity contribution < 1.29 is 9.47 Å². The van der Waals surface area contributed by atoms with Crippen LogP contribution in [-0.2, 0) is 6.54 Å². The van der Waals surface area contributed by atoms with E-state index in [0.717, 1.165) is 17.1 Å². The highest BCUT2D eigenvalue weighted by Gasteiger charge is 2.08. The fourth-order valence-electron chi connectivity index (χ4n) is 2.66. The van der Waals surface area contributed by atoms with E-state index in [0.29, 0.717) is 6.54 Å². The Balaban J connectivity index is 2.24. The number of ether oxygens (including phenoxy) is 2. The van der Waals surface area contributed by atoms with Crippen molar-refractivity contribution in [3.63, 3.8) is 0 Å². The molecule has 0 radical (unpaired) electrons. The largest absolute Gasteiger partial charge is 0.497 e. The van der Waals surface area contributed by atoms with Gasteiger partial charge in [-0.3, -0.25) is 0 Å². The van der Waals surface area contributed by atoms with Crippen LogP contribution in [0.5, 0.6) is 11.5 Å². The van der Waals surface area contributed by atoms with E-state index >= 15 is 0 Å². The van der Waals surface area contributed by atoms with Gasteiger partial charge in [-0.2, -0.15) is 0 Å². The molecule has 0 bridgehead atoms. The highest BCUT2D eigenvalue weighted by atomic mass is 16.5. The van der Waals surface area contributed by atoms with Crippen molar-refractivity contribution in [2.45, 2.75) is 27.3 Å². The number of rotatable bonds is 5. The second-order valence-electron chi connectivity index (χ2n) is 5.31. The van der Waals surface area contributed by atoms with Gasteiger partial charge in [0, 0.05) is 17.8 Å². The molecule has 3 nitrogen and oxygen atoms in total. The van der Waals surface area contributed by atoms with E-state index in [4.69, 9.17) is 9.47 Å². The smallest absolute Gasteiger partial charge is 0.124 e. The van der Waals surface area contributed by atoms with E-state index in [1.54, 1.807) is 14.2 Å². The summed E-state index contributed by atoms with van der Waals surface area (Å²) in [6, 6.07) is 10.2. The van der Waals surface area contributed by atoms with E-state index in [-0.39, 0.29) is 0 Å². The number of aryl methyl sites for hydroxylation is 3. The Labute approximate surface area is 126 Å². The third-order valence-corrected chi connectivity index (χ3v) is 3.62. The van der Waals surface area contributed by atoms with Crippen molar-refractivity contribution >= 4 is 5.69 Å². The first-order valence-corrected chi connectivity index (χ1v) is 7.07. The molecule has 2 aromatic carbocycles. The van der Waals surface area contributed by atoms with Gasteiger partial charge < -0.3 is 14.8 Å². The van der Waals surface area contributed by atoms with Gasteiger partial charge in [-0.25, -0.2) is 0 Å². The summed E-state index contributed by atoms with van der Waals surface area (Å²) in [6.45, 7) is 7.08. The molecule has 1 N–H and O–H groups in total. The Bertz CT molecular complexity index is 612. The first-order chi connectivity index (χ1) is 10.0. The highest BCUT2D eigenvalue weighted by molar-refractivity contribution is 5.58. The van der Waals surface area contributed by atoms with Crippen LogP contribution >= 0.6 is 0 Å². The van der Waals surface area contributed by atoms with E-state index in [1.165, 1.54) is 22.4 Å². The summed E-state index contributed by atoms with van der Waals surface area (Å²) in [7, 11) is 3.36. The van der Waals surface area contributed by atoms with Crippen LogP contribution in [0.3, 0.4) is 0 Å². The Morgan fingerprint density at radius 2 is 1.57 bits per heavy atom. The molecule has 0 atom stereocenters. The topological polar surface area (TPSA) is 30.5 Å². The number of hydrogen-bond donors (Lipinski definition) is 1. The maximum Gasteiger partial charge on any atom is 0.124 e. The predicted molar refractivity (Wildman–Crippen MR) is 87.5 cm³/mol. The molecule has 0 saturated carbocycles. The summed E-state index contributed by atoms with van der Waals surface area (Å²) >= 11 is 0. The van der Waals surface area contributed by atoms with Crippen molar-refractivity contribution in [1.82, 2.24) is 0 Å². The minimum Gasteiger partial charge on any atom is -0.497 e. The first kappa shape index (κ1) is 15.2. The van der Waals surface area contributed by atoms with Crippen LogP contribution in [0.25, 0.3) is 0 Å². The summed E-state index contributed by atoms with van der Waals surface area (Å²) in [6.07, 6.45) is 0. The van der Waals surface area contributed by atoms with Gasteiger partial charge in [-0.1, -0.05) is 17.7 Å². The fraction of sp³-hybridized carbons (Fsp3) is 0.333. The zero-order valence-electron chi connectivity index (χ0n) is 13.4. The van der Waals surface area contributed by atoms with Crippen molar-refractivity contribution in [3.05, 3.63) is 52.6 Å². The Kier molecular flexibility index (Phi) is 4.73. The van der Waals surface area contributed by atoms with E-state index in [9.17, 15) is 0 Å². The molecule has 0 aliphatic carbocycles. The van der Waals surface area contributed by atoms with E-state index in [2.05, 4.69) is 38.2 Å². The standard InChI is InChI=1S/C18H23NO2/c1-12-8-13(2)18(14(3)9-12)19-11-15-10-16(20-4)6-7-17(15)21-5/h6-10,19H,11H2,1-5H3. The lowest BCUT2D eigenvalue weighted by Crippen LogP contribution is -2.05. The Morgan fingerprint density at radius 1 is 0.905 bits per heavy atom. The molecular formula is C18H23NO2. The zero-order valence-corrected chi connectivity index (χ0v) is 13.4. The quantitative estimate of drug-likeness (QED) is 0.891. The normalized spacial score (nSPS) is 10.3. The van der Waals surface area contributed by atoms with E-state index in [1.807, 2.05) is 18.2 Å². The summed E-state index contributed by atoms with van der Waals surface area (Å²) in [5, 5.41) is 3.52. The van der Waals surface area contributed by atoms with Crippen LogP contribution in [0.2, 0.25) is 0 Å². The average Bonchev–Trinajstić information content (AvgIpc) is 2.45. The average molecular weight is 285 g/mol. The van der Waals surface area contributed by atoms with Crippen LogP contribution in [0, 0.1) is 20.8 Å². The Morgan fingerprint density at radius 3 is 2.14 bits per heavy atom. The molecule has 0 amide bonds. The molecule has 0 unspecified atom stereocenters. The van der Waals surface area contributed by atoms with Crippen molar-refractivity contribution in [2.24, 2.45) is 0 Å². The SMILES string of the molecule is COc1ccc(OC)c(CNc2c(C)cc(C)cc2C)c1. The number of anilines is 1. The minimum absolute atomic E-state index is 0.700. The first-order valence-electron chi connectivity index (χ1n) is 7.07. The maximum atomic E-state index is 5.42. The molecular weight excluding hydrogens is 262 g/mol. The van der Waals surface area contributed by atoms with Crippen LogP contribution in [-0.4, -0.2) is 14.2 Å². The second-order valence-corrected chi connectivity index (χ2v) is 5.31. The van der Waals surface area contributed by atoms with Gasteiger partial charge in [0.2, 0.25) is 0 Å². The number of benzene rings is 2. The van der Waals surface area contributed by atoms with Crippen LogP contribution in [0.4, 0.5) is 5.69 Å². The summed E-state index contributed by atoms with van der Waals surface area (Å²) in [5.41, 5.74) is 6.07. The minimum atomic E-state index is 0.700. The van der Waals surface area contributed by atoms with Gasteiger partial charge in [-0.05, 0) is 50.1 Å². The third-order valence-electron chi connectivity index (χ3n) is 3.62. The molecule has 3 heteroatoms. The third kappa shape index (κ3) is 3.48. The van der Waals surface area contributed by atoms with Crippen molar-refractivity contribution in [1.29, 1.82) is 0 Å². The zero-order chi connectivity index (χ0) is 15.4. The molecule has 0 fully saturated rings. The van der Waals surface area contributed by atoms with Crippen LogP contribution in [0.1, 0.15) is 22.3 Å². The maximum absolute atomic E-state index is 5.42. The molecule has 0 heterocycles. The molecule has 0 spiro atoms. The monoisotopic (exact) mass is 285 g/mol. The van der Waals surface area contributed by atoms with Crippen molar-refractivity contribution in [2.75, 3.05) is 19.5 Å². The predicted octanol–water partition coefficient (Wildman–Crippen LogP) is 4.24. The van der Waals surface area contributed by atoms with Crippen molar-refractivity contribution in [3.8, 4) is 11.5 Å². The summed E-state index contributed by atoms with van der Waals surface area (Å²) < 4.78 is 10.7. The number of methoxy groups -OCH3 is 2. The summed E-state index contributed by atoms with van der Waals surface area (Å²) in [4.78, 5) is 0. The van der Waals surface area contributed by atoms with Gasteiger partial charge in [0.1, 0.15) is 11.5 Å². The molecule has 0 aliphatic heterocycles. The van der Waals surface area contributed by atoms with Gasteiger partial charge in [0.15, 0.2) is 0 Å². The molecule has 2 aromatic rings. The Hall–Kier alpha value is -2.16. The fourth-order valence-corrected chi connectivity index (χ4v) is 2.66. The molecule has 21 heavy (non-hydrogen) atoms. The lowest BCUT2D eigenvalue weighted by atomic mass is 10.0. The number of hydrogen-bond acceptors (Lipinski definition) is 3. The number of nitrogens with one attached hydrogen (secondary N) is 1. The lowest BCUT2D eigenvalue weighted by Gasteiger charge is -2.16. The van der Waals surface area contributed by atoms with Gasteiger partial charge >= 0.3 is 0 Å². The van der Waals surface area contributed by atoms with Crippen LogP contribution in [0.15, 0.2) is 30.3 Å². The molecule has 112 valence electrons. The van der Waals surface area contributed by atoms with E-state index < -0.39 is 0 Å². The van der Waals surface area contributed by atoms with Gasteiger partial charge in [-0.15, -0.1) is 0 Å². The van der Waals surface area contributed by atoms with Crippen LogP contribution < -0.4 is 14.8 Å². The molecule has 0 aromatic heterocycles.